The molecular formula is C12H12ClNO3S2. The molecule has 0 aliphatic carbocycles. The highest BCUT2D eigenvalue weighted by Crippen LogP contribution is 2.21. The van der Waals surface area contributed by atoms with Crippen LogP contribution in [0.15, 0.2) is 41.3 Å². The smallest absolute Gasteiger partial charge is 0.240 e. The molecule has 0 spiro atoms. The standard InChI is InChI=1S/C12H12ClNO3S2/c13-12-5-4-10(18-12)6-7-14-19(16,17)11-3-1-2-9(15)8-11/h1-5,8,14-15H,6-7H2. The van der Waals surface area contributed by atoms with Crippen LogP contribution in [0.5, 0.6) is 5.75 Å². The number of halogens is 1. The Morgan fingerprint density at radius 2 is 2.05 bits per heavy atom. The molecule has 1 aromatic carbocycles. The summed E-state index contributed by atoms with van der Waals surface area (Å²) < 4.78 is 27.0. The second-order valence-corrected chi connectivity index (χ2v) is 7.42. The zero-order chi connectivity index (χ0) is 13.9. The number of benzene rings is 1. The van der Waals surface area contributed by atoms with Gasteiger partial charge in [-0.25, -0.2) is 13.1 Å². The Morgan fingerprint density at radius 1 is 1.26 bits per heavy atom. The van der Waals surface area contributed by atoms with Gasteiger partial charge in [-0.15, -0.1) is 11.3 Å². The van der Waals surface area contributed by atoms with Crippen molar-refractivity contribution in [2.75, 3.05) is 6.54 Å². The number of rotatable bonds is 5. The summed E-state index contributed by atoms with van der Waals surface area (Å²) >= 11 is 7.22. The summed E-state index contributed by atoms with van der Waals surface area (Å²) in [6.07, 6.45) is 0.579. The second kappa shape index (κ2) is 5.92. The Hall–Kier alpha value is -1.08. The van der Waals surface area contributed by atoms with E-state index in [-0.39, 0.29) is 17.2 Å². The predicted octanol–water partition coefficient (Wildman–Crippen LogP) is 2.63. The van der Waals surface area contributed by atoms with E-state index in [9.17, 15) is 13.5 Å². The Balaban J connectivity index is 1.98. The highest BCUT2D eigenvalue weighted by molar-refractivity contribution is 7.89. The van der Waals surface area contributed by atoms with Gasteiger partial charge in [0.15, 0.2) is 0 Å². The molecule has 0 bridgehead atoms. The van der Waals surface area contributed by atoms with Gasteiger partial charge in [-0.05, 0) is 36.8 Å². The lowest BCUT2D eigenvalue weighted by molar-refractivity contribution is 0.473. The monoisotopic (exact) mass is 317 g/mol. The fourth-order valence-electron chi connectivity index (χ4n) is 1.53. The first kappa shape index (κ1) is 14.3. The van der Waals surface area contributed by atoms with Gasteiger partial charge in [-0.2, -0.15) is 0 Å². The minimum atomic E-state index is -3.58. The molecule has 0 saturated heterocycles. The fourth-order valence-corrected chi connectivity index (χ4v) is 3.69. The SMILES string of the molecule is O=S(=O)(NCCc1ccc(Cl)s1)c1cccc(O)c1. The Labute approximate surface area is 120 Å². The highest BCUT2D eigenvalue weighted by Gasteiger charge is 2.13. The summed E-state index contributed by atoms with van der Waals surface area (Å²) in [6, 6.07) is 9.21. The number of phenols is 1. The molecule has 0 aliphatic heterocycles. The summed E-state index contributed by atoms with van der Waals surface area (Å²) in [5, 5.41) is 9.28. The molecule has 0 fully saturated rings. The number of nitrogens with one attached hydrogen (secondary N) is 1. The van der Waals surface area contributed by atoms with Crippen LogP contribution >= 0.6 is 22.9 Å². The topological polar surface area (TPSA) is 66.4 Å². The second-order valence-electron chi connectivity index (χ2n) is 3.85. The number of thiophene rings is 1. The fraction of sp³-hybridized carbons (Fsp3) is 0.167. The lowest BCUT2D eigenvalue weighted by Gasteiger charge is -2.06. The van der Waals surface area contributed by atoms with Gasteiger partial charge in [-0.3, -0.25) is 0 Å². The van der Waals surface area contributed by atoms with E-state index < -0.39 is 10.0 Å². The molecule has 0 radical (unpaired) electrons. The summed E-state index contributed by atoms with van der Waals surface area (Å²) in [6.45, 7) is 0.287. The average molecular weight is 318 g/mol. The van der Waals surface area contributed by atoms with E-state index in [4.69, 9.17) is 11.6 Å². The lowest BCUT2D eigenvalue weighted by atomic mass is 10.3. The molecule has 0 amide bonds. The number of phenolic OH excluding ortho intramolecular Hbond substituents is 1. The van der Waals surface area contributed by atoms with Crippen molar-refractivity contribution >= 4 is 33.0 Å². The maximum absolute atomic E-state index is 11.9. The lowest BCUT2D eigenvalue weighted by Crippen LogP contribution is -2.25. The van der Waals surface area contributed by atoms with Gasteiger partial charge in [0.2, 0.25) is 10.0 Å². The van der Waals surface area contributed by atoms with E-state index in [1.165, 1.54) is 35.6 Å². The van der Waals surface area contributed by atoms with Crippen LogP contribution in [0.2, 0.25) is 4.34 Å². The molecule has 1 aromatic heterocycles. The van der Waals surface area contributed by atoms with Gasteiger partial charge in [0.1, 0.15) is 5.75 Å². The molecule has 4 nitrogen and oxygen atoms in total. The van der Waals surface area contributed by atoms with Gasteiger partial charge in [-0.1, -0.05) is 17.7 Å². The molecule has 102 valence electrons. The third-order valence-electron chi connectivity index (χ3n) is 2.42. The molecule has 2 rings (SSSR count). The number of hydrogen-bond acceptors (Lipinski definition) is 4. The van der Waals surface area contributed by atoms with E-state index in [1.807, 2.05) is 6.07 Å². The van der Waals surface area contributed by atoms with E-state index in [1.54, 1.807) is 6.07 Å². The minimum absolute atomic E-state index is 0.0525. The van der Waals surface area contributed by atoms with Crippen molar-refractivity contribution in [3.8, 4) is 5.75 Å². The molecule has 19 heavy (non-hydrogen) atoms. The number of sulfonamides is 1. The highest BCUT2D eigenvalue weighted by atomic mass is 35.5. The van der Waals surface area contributed by atoms with Crippen LogP contribution in [-0.2, 0) is 16.4 Å². The molecule has 7 heteroatoms. The Morgan fingerprint density at radius 3 is 2.68 bits per heavy atom. The maximum Gasteiger partial charge on any atom is 0.240 e. The first-order valence-electron chi connectivity index (χ1n) is 5.50. The first-order chi connectivity index (χ1) is 8.97. The van der Waals surface area contributed by atoms with Crippen LogP contribution in [0.3, 0.4) is 0 Å². The first-order valence-corrected chi connectivity index (χ1v) is 8.18. The molecule has 0 aliphatic rings. The molecule has 0 atom stereocenters. The third-order valence-corrected chi connectivity index (χ3v) is 5.17. The van der Waals surface area contributed by atoms with Crippen molar-refractivity contribution in [3.63, 3.8) is 0 Å². The zero-order valence-electron chi connectivity index (χ0n) is 9.84. The summed E-state index contributed by atoms with van der Waals surface area (Å²) in [4.78, 5) is 1.07. The zero-order valence-corrected chi connectivity index (χ0v) is 12.2. The van der Waals surface area contributed by atoms with Crippen LogP contribution in [0.1, 0.15) is 4.88 Å². The van der Waals surface area contributed by atoms with Gasteiger partial charge < -0.3 is 5.11 Å². The molecule has 1 heterocycles. The van der Waals surface area contributed by atoms with Gasteiger partial charge in [0.25, 0.3) is 0 Å². The van der Waals surface area contributed by atoms with Crippen molar-refractivity contribution in [2.45, 2.75) is 11.3 Å². The Bertz CT molecular complexity index is 667. The maximum atomic E-state index is 11.9. The van der Waals surface area contributed by atoms with E-state index in [2.05, 4.69) is 4.72 Å². The summed E-state index contributed by atoms with van der Waals surface area (Å²) in [5.41, 5.74) is 0. The van der Waals surface area contributed by atoms with Crippen molar-refractivity contribution < 1.29 is 13.5 Å². The minimum Gasteiger partial charge on any atom is -0.508 e. The molecular weight excluding hydrogens is 306 g/mol. The molecule has 0 saturated carbocycles. The number of aromatic hydroxyl groups is 1. The van der Waals surface area contributed by atoms with Crippen LogP contribution in [-0.4, -0.2) is 20.1 Å². The van der Waals surface area contributed by atoms with Crippen molar-refractivity contribution in [1.82, 2.24) is 4.72 Å². The van der Waals surface area contributed by atoms with E-state index in [0.717, 1.165) is 4.88 Å². The van der Waals surface area contributed by atoms with E-state index in [0.29, 0.717) is 10.8 Å². The van der Waals surface area contributed by atoms with E-state index >= 15 is 0 Å². The predicted molar refractivity (Wildman–Crippen MR) is 76.3 cm³/mol. The van der Waals surface area contributed by atoms with Crippen molar-refractivity contribution in [3.05, 3.63) is 45.6 Å². The molecule has 2 N–H and O–H groups in total. The summed E-state index contributed by atoms with van der Waals surface area (Å²) in [5.74, 6) is -0.0760. The quantitative estimate of drug-likeness (QED) is 0.891. The summed E-state index contributed by atoms with van der Waals surface area (Å²) in [7, 11) is -3.58. The third kappa shape index (κ3) is 3.94. The van der Waals surface area contributed by atoms with Crippen LogP contribution in [0, 0.1) is 0 Å². The van der Waals surface area contributed by atoms with Gasteiger partial charge in [0, 0.05) is 11.4 Å². The molecule has 2 aromatic rings. The largest absolute Gasteiger partial charge is 0.508 e. The van der Waals surface area contributed by atoms with Crippen LogP contribution in [0.4, 0.5) is 0 Å². The van der Waals surface area contributed by atoms with Gasteiger partial charge >= 0.3 is 0 Å². The average Bonchev–Trinajstić information content (AvgIpc) is 2.75. The van der Waals surface area contributed by atoms with Gasteiger partial charge in [0.05, 0.1) is 9.23 Å². The number of hydrogen-bond donors (Lipinski definition) is 2. The van der Waals surface area contributed by atoms with Crippen LogP contribution in [0.25, 0.3) is 0 Å². The van der Waals surface area contributed by atoms with Crippen molar-refractivity contribution in [2.24, 2.45) is 0 Å². The van der Waals surface area contributed by atoms with Crippen molar-refractivity contribution in [1.29, 1.82) is 0 Å². The van der Waals surface area contributed by atoms with Crippen LogP contribution < -0.4 is 4.72 Å². The molecule has 0 unspecified atom stereocenters. The Kier molecular flexibility index (Phi) is 4.46. The normalized spacial score (nSPS) is 11.6.